The van der Waals surface area contributed by atoms with Crippen molar-refractivity contribution in [2.24, 2.45) is 0 Å². The maximum atomic E-state index is 13.8. The minimum absolute atomic E-state index is 0.1000. The smallest absolute Gasteiger partial charge is 0.164 e. The van der Waals surface area contributed by atoms with Crippen molar-refractivity contribution in [3.8, 4) is 5.69 Å². The van der Waals surface area contributed by atoms with Crippen molar-refractivity contribution in [2.45, 2.75) is 33.6 Å². The highest BCUT2D eigenvalue weighted by molar-refractivity contribution is 5.97. The minimum Gasteiger partial charge on any atom is -0.294 e. The molecule has 0 N–H and O–H groups in total. The zero-order chi connectivity index (χ0) is 14.0. The number of benzene rings is 1. The Kier molecular flexibility index (Phi) is 3.79. The average molecular weight is 260 g/mol. The van der Waals surface area contributed by atoms with Gasteiger partial charge in [-0.25, -0.2) is 9.07 Å². The second-order valence-electron chi connectivity index (χ2n) is 4.44. The van der Waals surface area contributed by atoms with Crippen LogP contribution in [0, 0.1) is 5.82 Å². The van der Waals surface area contributed by atoms with Crippen molar-refractivity contribution < 1.29 is 9.18 Å². The highest BCUT2D eigenvalue weighted by Crippen LogP contribution is 2.21. The molecule has 1 aromatic carbocycles. The number of aryl methyl sites for hydroxylation is 2. The van der Waals surface area contributed by atoms with Gasteiger partial charge in [0.15, 0.2) is 5.78 Å². The van der Waals surface area contributed by atoms with Crippen LogP contribution in [-0.4, -0.2) is 15.6 Å². The molecule has 0 radical (unpaired) electrons. The van der Waals surface area contributed by atoms with Gasteiger partial charge in [-0.1, -0.05) is 19.9 Å². The fourth-order valence-electron chi connectivity index (χ4n) is 2.15. The largest absolute Gasteiger partial charge is 0.294 e. The van der Waals surface area contributed by atoms with Crippen LogP contribution in [0.5, 0.6) is 0 Å². The van der Waals surface area contributed by atoms with E-state index >= 15 is 0 Å². The van der Waals surface area contributed by atoms with Gasteiger partial charge >= 0.3 is 0 Å². The summed E-state index contributed by atoms with van der Waals surface area (Å²) in [6.07, 6.45) is 1.59. The summed E-state index contributed by atoms with van der Waals surface area (Å²) >= 11 is 0. The molecule has 4 heteroatoms. The first-order valence-corrected chi connectivity index (χ1v) is 6.46. The molecular weight excluding hydrogens is 243 g/mol. The number of halogens is 1. The van der Waals surface area contributed by atoms with Gasteiger partial charge in [0.25, 0.3) is 0 Å². The molecule has 0 amide bonds. The molecule has 0 aliphatic carbocycles. The lowest BCUT2D eigenvalue weighted by atomic mass is 10.1. The first-order chi connectivity index (χ1) is 9.08. The third-order valence-electron chi connectivity index (χ3n) is 3.13. The zero-order valence-electron chi connectivity index (χ0n) is 11.4. The average Bonchev–Trinajstić information content (AvgIpc) is 2.81. The summed E-state index contributed by atoms with van der Waals surface area (Å²) in [6, 6.07) is 6.63. The van der Waals surface area contributed by atoms with Crippen molar-refractivity contribution in [2.75, 3.05) is 0 Å². The maximum absolute atomic E-state index is 13.8. The molecule has 2 aromatic rings. The molecule has 0 saturated carbocycles. The van der Waals surface area contributed by atoms with Crippen LogP contribution in [0.15, 0.2) is 24.3 Å². The third kappa shape index (κ3) is 2.43. The molecule has 3 nitrogen and oxygen atoms in total. The Morgan fingerprint density at radius 1 is 1.32 bits per heavy atom. The molecule has 0 saturated heterocycles. The van der Waals surface area contributed by atoms with Crippen LogP contribution < -0.4 is 0 Å². The van der Waals surface area contributed by atoms with E-state index in [1.54, 1.807) is 16.8 Å². The molecule has 0 spiro atoms. The lowest BCUT2D eigenvalue weighted by molar-refractivity contribution is 0.101. The van der Waals surface area contributed by atoms with E-state index in [0.29, 0.717) is 5.69 Å². The van der Waals surface area contributed by atoms with Crippen LogP contribution in [0.1, 0.15) is 42.5 Å². The van der Waals surface area contributed by atoms with Gasteiger partial charge in [0, 0.05) is 5.69 Å². The SMILES string of the molecule is CCc1cc(CC)n(-c2cccc(F)c2C(C)=O)n1. The number of aromatic nitrogens is 2. The van der Waals surface area contributed by atoms with Gasteiger partial charge in [-0.3, -0.25) is 4.79 Å². The van der Waals surface area contributed by atoms with Crippen molar-refractivity contribution in [3.63, 3.8) is 0 Å². The summed E-state index contributed by atoms with van der Waals surface area (Å²) in [5.41, 5.74) is 2.53. The van der Waals surface area contributed by atoms with E-state index in [-0.39, 0.29) is 11.3 Å². The van der Waals surface area contributed by atoms with Gasteiger partial charge in [-0.05, 0) is 38.0 Å². The molecule has 1 aromatic heterocycles. The zero-order valence-corrected chi connectivity index (χ0v) is 11.4. The highest BCUT2D eigenvalue weighted by Gasteiger charge is 2.17. The van der Waals surface area contributed by atoms with Crippen LogP contribution in [0.3, 0.4) is 0 Å². The van der Waals surface area contributed by atoms with Crippen molar-refractivity contribution in [3.05, 3.63) is 47.0 Å². The van der Waals surface area contributed by atoms with Gasteiger partial charge in [-0.15, -0.1) is 0 Å². The van der Waals surface area contributed by atoms with Crippen molar-refractivity contribution >= 4 is 5.78 Å². The molecule has 0 aliphatic rings. The van der Waals surface area contributed by atoms with Gasteiger partial charge in [0.1, 0.15) is 5.82 Å². The Labute approximate surface area is 112 Å². The van der Waals surface area contributed by atoms with Gasteiger partial charge in [0.05, 0.1) is 16.9 Å². The maximum Gasteiger partial charge on any atom is 0.164 e. The summed E-state index contributed by atoms with van der Waals surface area (Å²) < 4.78 is 15.5. The predicted molar refractivity (Wildman–Crippen MR) is 72.3 cm³/mol. The van der Waals surface area contributed by atoms with Crippen LogP contribution >= 0.6 is 0 Å². The van der Waals surface area contributed by atoms with Gasteiger partial charge in [-0.2, -0.15) is 5.10 Å². The first kappa shape index (κ1) is 13.5. The normalized spacial score (nSPS) is 10.7. The Hall–Kier alpha value is -1.97. The number of carbonyl (C=O) groups excluding carboxylic acids is 1. The van der Waals surface area contributed by atoms with Crippen LogP contribution in [-0.2, 0) is 12.8 Å². The Morgan fingerprint density at radius 3 is 2.63 bits per heavy atom. The third-order valence-corrected chi connectivity index (χ3v) is 3.13. The summed E-state index contributed by atoms with van der Waals surface area (Å²) in [5.74, 6) is -0.788. The standard InChI is InChI=1S/C15H17FN2O/c1-4-11-9-12(5-2)18(17-11)14-8-6-7-13(16)15(14)10(3)19/h6-9H,4-5H2,1-3H3. The van der Waals surface area contributed by atoms with Gasteiger partial charge < -0.3 is 0 Å². The van der Waals surface area contributed by atoms with E-state index in [0.717, 1.165) is 24.2 Å². The van der Waals surface area contributed by atoms with E-state index in [9.17, 15) is 9.18 Å². The number of nitrogens with zero attached hydrogens (tertiary/aromatic N) is 2. The van der Waals surface area contributed by atoms with E-state index in [1.807, 2.05) is 19.9 Å². The lowest BCUT2D eigenvalue weighted by Gasteiger charge is -2.10. The molecule has 2 rings (SSSR count). The molecule has 100 valence electrons. The Bertz CT molecular complexity index is 617. The lowest BCUT2D eigenvalue weighted by Crippen LogP contribution is -2.09. The number of carbonyl (C=O) groups is 1. The number of hydrogen-bond donors (Lipinski definition) is 0. The van der Waals surface area contributed by atoms with E-state index in [2.05, 4.69) is 5.10 Å². The second kappa shape index (κ2) is 5.34. The molecule has 0 atom stereocenters. The Morgan fingerprint density at radius 2 is 2.05 bits per heavy atom. The van der Waals surface area contributed by atoms with Crippen LogP contribution in [0.25, 0.3) is 5.69 Å². The molecule has 0 aliphatic heterocycles. The number of ketones is 1. The number of Topliss-reactive ketones (excluding diaryl/α,β-unsaturated/α-hetero) is 1. The summed E-state index contributed by atoms with van der Waals surface area (Å²) in [5, 5.41) is 4.45. The first-order valence-electron chi connectivity index (χ1n) is 6.46. The Balaban J connectivity index is 2.68. The number of hydrogen-bond acceptors (Lipinski definition) is 2. The molecular formula is C15H17FN2O. The van der Waals surface area contributed by atoms with Crippen molar-refractivity contribution in [1.29, 1.82) is 0 Å². The minimum atomic E-state index is -0.499. The molecule has 0 unspecified atom stereocenters. The van der Waals surface area contributed by atoms with Crippen LogP contribution in [0.4, 0.5) is 4.39 Å². The van der Waals surface area contributed by atoms with Crippen molar-refractivity contribution in [1.82, 2.24) is 9.78 Å². The summed E-state index contributed by atoms with van der Waals surface area (Å²) in [6.45, 7) is 5.40. The highest BCUT2D eigenvalue weighted by atomic mass is 19.1. The number of rotatable bonds is 4. The molecule has 0 fully saturated rings. The van der Waals surface area contributed by atoms with E-state index in [4.69, 9.17) is 0 Å². The summed E-state index contributed by atoms with van der Waals surface area (Å²) in [7, 11) is 0. The van der Waals surface area contributed by atoms with E-state index < -0.39 is 5.82 Å². The molecule has 19 heavy (non-hydrogen) atoms. The molecule has 0 bridgehead atoms. The predicted octanol–water partition coefficient (Wildman–Crippen LogP) is 3.34. The topological polar surface area (TPSA) is 34.9 Å². The fraction of sp³-hybridized carbons (Fsp3) is 0.333. The molecule has 1 heterocycles. The van der Waals surface area contributed by atoms with Gasteiger partial charge in [0.2, 0.25) is 0 Å². The second-order valence-corrected chi connectivity index (χ2v) is 4.44. The quantitative estimate of drug-likeness (QED) is 0.790. The fourth-order valence-corrected chi connectivity index (χ4v) is 2.15. The monoisotopic (exact) mass is 260 g/mol. The van der Waals surface area contributed by atoms with Crippen LogP contribution in [0.2, 0.25) is 0 Å². The van der Waals surface area contributed by atoms with E-state index in [1.165, 1.54) is 13.0 Å². The summed E-state index contributed by atoms with van der Waals surface area (Å²) in [4.78, 5) is 11.7.